The zero-order valence-corrected chi connectivity index (χ0v) is 13.8. The van der Waals surface area contributed by atoms with E-state index in [1.807, 2.05) is 6.92 Å². The number of carboxylic acids is 1. The molecule has 0 bridgehead atoms. The number of carbonyl (C=O) groups excluding carboxylic acids is 3. The Morgan fingerprint density at radius 3 is 2.62 bits per heavy atom. The minimum Gasteiger partial charge on any atom is -0.480 e. The first-order valence-electron chi connectivity index (χ1n) is 7.69. The van der Waals surface area contributed by atoms with Gasteiger partial charge in [-0.25, -0.2) is 4.68 Å². The fourth-order valence-electron chi connectivity index (χ4n) is 2.57. The lowest BCUT2D eigenvalue weighted by Gasteiger charge is -2.13. The Hall–Kier alpha value is -3.56. The van der Waals surface area contributed by atoms with E-state index < -0.39 is 30.2 Å². The van der Waals surface area contributed by atoms with Gasteiger partial charge in [0, 0.05) is 0 Å². The Kier molecular flexibility index (Phi) is 4.48. The van der Waals surface area contributed by atoms with E-state index >= 15 is 0 Å². The summed E-state index contributed by atoms with van der Waals surface area (Å²) in [7, 11) is 0. The van der Waals surface area contributed by atoms with Crippen molar-refractivity contribution in [1.82, 2.24) is 25.2 Å². The van der Waals surface area contributed by atoms with Crippen LogP contribution in [0.2, 0.25) is 0 Å². The maximum absolute atomic E-state index is 12.3. The number of aryl methyl sites for hydroxylation is 1. The van der Waals surface area contributed by atoms with E-state index in [2.05, 4.69) is 15.6 Å². The molecule has 1 aliphatic rings. The summed E-state index contributed by atoms with van der Waals surface area (Å²) in [4.78, 5) is 48.1. The molecule has 0 saturated heterocycles. The molecule has 2 heterocycles. The van der Waals surface area contributed by atoms with Crippen LogP contribution in [-0.4, -0.2) is 55.2 Å². The third-order valence-electron chi connectivity index (χ3n) is 3.78. The summed E-state index contributed by atoms with van der Waals surface area (Å²) in [6.45, 7) is 1.07. The summed E-state index contributed by atoms with van der Waals surface area (Å²) in [6, 6.07) is 4.92. The van der Waals surface area contributed by atoms with Crippen molar-refractivity contribution >= 4 is 23.7 Å². The molecule has 3 rings (SSSR count). The van der Waals surface area contributed by atoms with E-state index in [0.717, 1.165) is 15.1 Å². The van der Waals surface area contributed by atoms with Gasteiger partial charge in [0.05, 0.1) is 23.9 Å². The molecule has 1 aromatic heterocycles. The first-order valence-corrected chi connectivity index (χ1v) is 7.69. The van der Waals surface area contributed by atoms with Crippen LogP contribution in [0.5, 0.6) is 0 Å². The minimum absolute atomic E-state index is 0.000724. The molecule has 0 atom stereocenters. The van der Waals surface area contributed by atoms with Crippen molar-refractivity contribution in [3.05, 3.63) is 46.8 Å². The van der Waals surface area contributed by atoms with Gasteiger partial charge in [0.1, 0.15) is 18.8 Å². The highest BCUT2D eigenvalue weighted by molar-refractivity contribution is 6.22. The maximum atomic E-state index is 12.3. The van der Waals surface area contributed by atoms with Gasteiger partial charge in [0.25, 0.3) is 11.8 Å². The van der Waals surface area contributed by atoms with Crippen LogP contribution in [0.1, 0.15) is 32.0 Å². The van der Waals surface area contributed by atoms with Crippen LogP contribution >= 0.6 is 0 Å². The van der Waals surface area contributed by atoms with Crippen molar-refractivity contribution in [2.45, 2.75) is 20.0 Å². The van der Waals surface area contributed by atoms with Crippen molar-refractivity contribution < 1.29 is 24.3 Å². The molecule has 2 aromatic rings. The summed E-state index contributed by atoms with van der Waals surface area (Å²) in [5.41, 5.74) is 1.78. The molecular weight excluding hydrogens is 342 g/mol. The van der Waals surface area contributed by atoms with Gasteiger partial charge in [0.15, 0.2) is 0 Å². The highest BCUT2D eigenvalue weighted by Crippen LogP contribution is 2.23. The molecule has 0 fully saturated rings. The predicted molar refractivity (Wildman–Crippen MR) is 86.1 cm³/mol. The number of nitrogens with one attached hydrogen (secondary N) is 1. The molecule has 26 heavy (non-hydrogen) atoms. The standard InChI is InChI=1S/C16H15N5O5/c1-9-2-3-11-12(4-9)16(26)21(15(11)25)7-13(22)17-5-10-6-20(19-18-10)8-14(23)24/h2-4,6H,5,7-8H2,1H3,(H,17,22)(H,23,24). The Morgan fingerprint density at radius 2 is 1.88 bits per heavy atom. The van der Waals surface area contributed by atoms with Gasteiger partial charge in [-0.15, -0.1) is 5.10 Å². The van der Waals surface area contributed by atoms with Gasteiger partial charge in [-0.3, -0.25) is 24.1 Å². The third kappa shape index (κ3) is 3.43. The van der Waals surface area contributed by atoms with Gasteiger partial charge in [-0.1, -0.05) is 16.8 Å². The van der Waals surface area contributed by atoms with Crippen molar-refractivity contribution in [2.75, 3.05) is 6.54 Å². The Bertz CT molecular complexity index is 920. The van der Waals surface area contributed by atoms with Crippen LogP contribution in [0.3, 0.4) is 0 Å². The van der Waals surface area contributed by atoms with Crippen LogP contribution < -0.4 is 5.32 Å². The van der Waals surface area contributed by atoms with Crippen LogP contribution in [0, 0.1) is 6.92 Å². The monoisotopic (exact) mass is 357 g/mol. The number of aromatic nitrogens is 3. The number of rotatable bonds is 6. The number of aliphatic carboxylic acids is 1. The first-order chi connectivity index (χ1) is 12.3. The van der Waals surface area contributed by atoms with E-state index in [0.29, 0.717) is 11.3 Å². The SMILES string of the molecule is Cc1ccc2c(c1)C(=O)N(CC(=O)NCc1cn(CC(=O)O)nn1)C2=O. The zero-order chi connectivity index (χ0) is 18.8. The topological polar surface area (TPSA) is 134 Å². The highest BCUT2D eigenvalue weighted by Gasteiger charge is 2.36. The number of fused-ring (bicyclic) bond motifs is 1. The fraction of sp³-hybridized carbons (Fsp3) is 0.250. The molecule has 0 aliphatic carbocycles. The number of carboxylic acid groups (broad SMARTS) is 1. The van der Waals surface area contributed by atoms with Gasteiger partial charge < -0.3 is 10.4 Å². The lowest BCUT2D eigenvalue weighted by molar-refractivity contribution is -0.138. The number of nitrogens with zero attached hydrogens (tertiary/aromatic N) is 4. The lowest BCUT2D eigenvalue weighted by atomic mass is 10.1. The van der Waals surface area contributed by atoms with Crippen LogP contribution in [-0.2, 0) is 22.7 Å². The Labute approximate surface area is 147 Å². The van der Waals surface area contributed by atoms with Gasteiger partial charge in [0.2, 0.25) is 5.91 Å². The van der Waals surface area contributed by atoms with E-state index in [1.165, 1.54) is 6.20 Å². The molecule has 0 radical (unpaired) electrons. The number of benzene rings is 1. The van der Waals surface area contributed by atoms with Crippen LogP contribution in [0.4, 0.5) is 0 Å². The molecule has 1 aliphatic heterocycles. The van der Waals surface area contributed by atoms with E-state index in [1.54, 1.807) is 18.2 Å². The number of amides is 3. The van der Waals surface area contributed by atoms with E-state index in [-0.39, 0.29) is 18.7 Å². The molecule has 0 unspecified atom stereocenters. The molecule has 1 aromatic carbocycles. The first kappa shape index (κ1) is 17.3. The summed E-state index contributed by atoms with van der Waals surface area (Å²) < 4.78 is 1.12. The van der Waals surface area contributed by atoms with Gasteiger partial charge in [-0.05, 0) is 19.1 Å². The maximum Gasteiger partial charge on any atom is 0.325 e. The average molecular weight is 357 g/mol. The molecule has 10 heteroatoms. The largest absolute Gasteiger partial charge is 0.480 e. The summed E-state index contributed by atoms with van der Waals surface area (Å²) in [5, 5.41) is 18.5. The molecular formula is C16H15N5O5. The van der Waals surface area contributed by atoms with Gasteiger partial charge in [-0.2, -0.15) is 0 Å². The summed E-state index contributed by atoms with van der Waals surface area (Å²) in [5.74, 6) is -2.61. The highest BCUT2D eigenvalue weighted by atomic mass is 16.4. The molecule has 10 nitrogen and oxygen atoms in total. The smallest absolute Gasteiger partial charge is 0.325 e. The number of hydrogen-bond donors (Lipinski definition) is 2. The normalized spacial score (nSPS) is 13.0. The van der Waals surface area contributed by atoms with Crippen molar-refractivity contribution in [3.63, 3.8) is 0 Å². The molecule has 134 valence electrons. The number of imide groups is 1. The van der Waals surface area contributed by atoms with Crippen molar-refractivity contribution in [2.24, 2.45) is 0 Å². The number of hydrogen-bond acceptors (Lipinski definition) is 6. The summed E-state index contributed by atoms with van der Waals surface area (Å²) in [6.07, 6.45) is 1.39. The van der Waals surface area contributed by atoms with Gasteiger partial charge >= 0.3 is 5.97 Å². The van der Waals surface area contributed by atoms with Crippen LogP contribution in [0.15, 0.2) is 24.4 Å². The van der Waals surface area contributed by atoms with E-state index in [4.69, 9.17) is 5.11 Å². The Balaban J connectivity index is 1.59. The second kappa shape index (κ2) is 6.75. The molecule has 0 spiro atoms. The molecule has 0 saturated carbocycles. The lowest BCUT2D eigenvalue weighted by Crippen LogP contribution is -2.40. The predicted octanol–water partition coefficient (Wildman–Crippen LogP) is -0.416. The zero-order valence-electron chi connectivity index (χ0n) is 13.8. The Morgan fingerprint density at radius 1 is 1.15 bits per heavy atom. The van der Waals surface area contributed by atoms with Crippen molar-refractivity contribution in [1.29, 1.82) is 0 Å². The second-order valence-electron chi connectivity index (χ2n) is 5.82. The molecule has 2 N–H and O–H groups in total. The fourth-order valence-corrected chi connectivity index (χ4v) is 2.57. The third-order valence-corrected chi connectivity index (χ3v) is 3.78. The van der Waals surface area contributed by atoms with Crippen molar-refractivity contribution in [3.8, 4) is 0 Å². The summed E-state index contributed by atoms with van der Waals surface area (Å²) >= 11 is 0. The second-order valence-corrected chi connectivity index (χ2v) is 5.82. The molecule has 3 amide bonds. The quantitative estimate of drug-likeness (QED) is 0.671. The number of carbonyl (C=O) groups is 4. The minimum atomic E-state index is -1.06. The van der Waals surface area contributed by atoms with Crippen LogP contribution in [0.25, 0.3) is 0 Å². The van der Waals surface area contributed by atoms with E-state index in [9.17, 15) is 19.2 Å². The average Bonchev–Trinajstić information content (AvgIpc) is 3.11.